The van der Waals surface area contributed by atoms with Crippen LogP contribution in [-0.4, -0.2) is 28.3 Å². The van der Waals surface area contributed by atoms with Crippen molar-refractivity contribution in [1.29, 1.82) is 0 Å². The maximum atomic E-state index is 13.6. The Morgan fingerprint density at radius 1 is 1.30 bits per heavy atom. The maximum absolute atomic E-state index is 13.6. The number of benzene rings is 1. The van der Waals surface area contributed by atoms with Crippen molar-refractivity contribution < 1.29 is 13.6 Å². The van der Waals surface area contributed by atoms with Crippen molar-refractivity contribution in [2.24, 2.45) is 11.7 Å². The van der Waals surface area contributed by atoms with E-state index in [1.807, 2.05) is 0 Å². The Morgan fingerprint density at radius 3 is 2.67 bits per heavy atom. The fraction of sp³-hybridized carbons (Fsp3) is 0.474. The van der Waals surface area contributed by atoms with Crippen LogP contribution in [0.1, 0.15) is 48.4 Å². The summed E-state index contributed by atoms with van der Waals surface area (Å²) in [4.78, 5) is 12.7. The Kier molecular flexibility index (Phi) is 6.95. The van der Waals surface area contributed by atoms with E-state index in [9.17, 15) is 13.6 Å². The number of hydrogen-bond donors (Lipinski definition) is 2. The first kappa shape index (κ1) is 21.3. The molecule has 1 aliphatic carbocycles. The molecule has 2 aromatic rings. The summed E-state index contributed by atoms with van der Waals surface area (Å²) in [5.41, 5.74) is 8.30. The first-order valence-corrected chi connectivity index (χ1v) is 8.97. The molecule has 0 fully saturated rings. The Morgan fingerprint density at radius 2 is 2.04 bits per heavy atom. The third-order valence-corrected chi connectivity index (χ3v) is 4.67. The van der Waals surface area contributed by atoms with Crippen LogP contribution in [0, 0.1) is 17.6 Å². The lowest BCUT2D eigenvalue weighted by Gasteiger charge is -2.18. The minimum atomic E-state index is -0.934. The Hall–Kier alpha value is -1.99. The van der Waals surface area contributed by atoms with Gasteiger partial charge in [-0.2, -0.15) is 5.10 Å². The normalized spacial score (nSPS) is 14.0. The molecule has 3 N–H and O–H groups in total. The smallest absolute Gasteiger partial charge is 0.272 e. The topological polar surface area (TPSA) is 72.9 Å². The van der Waals surface area contributed by atoms with Gasteiger partial charge in [0, 0.05) is 29.9 Å². The van der Waals surface area contributed by atoms with E-state index >= 15 is 0 Å². The highest BCUT2D eigenvalue weighted by atomic mass is 35.5. The second kappa shape index (κ2) is 8.80. The van der Waals surface area contributed by atoms with E-state index in [4.69, 9.17) is 5.73 Å². The molecule has 0 radical (unpaired) electrons. The summed E-state index contributed by atoms with van der Waals surface area (Å²) in [6, 6.07) is 3.52. The molecule has 0 spiro atoms. The summed E-state index contributed by atoms with van der Waals surface area (Å²) in [5.74, 6) is -1.69. The molecule has 1 aromatic carbocycles. The highest BCUT2D eigenvalue weighted by molar-refractivity contribution is 5.94. The van der Waals surface area contributed by atoms with Crippen molar-refractivity contribution in [1.82, 2.24) is 15.1 Å². The molecule has 27 heavy (non-hydrogen) atoms. The van der Waals surface area contributed by atoms with E-state index in [-0.39, 0.29) is 24.4 Å². The lowest BCUT2D eigenvalue weighted by molar-refractivity contribution is 0.0927. The van der Waals surface area contributed by atoms with Crippen LogP contribution in [0.4, 0.5) is 8.78 Å². The number of fused-ring (bicyclic) bond motifs is 1. The molecule has 5 nitrogen and oxygen atoms in total. The van der Waals surface area contributed by atoms with Gasteiger partial charge in [-0.3, -0.25) is 4.79 Å². The first-order chi connectivity index (χ1) is 12.4. The molecule has 1 aliphatic rings. The van der Waals surface area contributed by atoms with Crippen LogP contribution in [0.3, 0.4) is 0 Å². The van der Waals surface area contributed by atoms with Crippen LogP contribution < -0.4 is 11.1 Å². The number of rotatable bonds is 6. The van der Waals surface area contributed by atoms with Crippen molar-refractivity contribution in [3.63, 3.8) is 0 Å². The summed E-state index contributed by atoms with van der Waals surface area (Å²) in [6.45, 7) is 4.50. The quantitative estimate of drug-likeness (QED) is 0.785. The predicted octanol–water partition coefficient (Wildman–Crippen LogP) is 3.16. The number of amides is 1. The number of hydrogen-bond acceptors (Lipinski definition) is 3. The number of carbonyl (C=O) groups excluding carboxylic acids is 1. The van der Waals surface area contributed by atoms with Crippen molar-refractivity contribution in [2.45, 2.75) is 45.6 Å². The van der Waals surface area contributed by atoms with E-state index < -0.39 is 11.6 Å². The highest BCUT2D eigenvalue weighted by Gasteiger charge is 2.28. The number of nitrogens with zero attached hydrogens (tertiary/aromatic N) is 2. The summed E-state index contributed by atoms with van der Waals surface area (Å²) < 4.78 is 28.4. The minimum Gasteiger partial charge on any atom is -0.347 e. The molecular weight excluding hydrogens is 374 g/mol. The molecule has 1 unspecified atom stereocenters. The number of nitrogens with two attached hydrogens (primary N) is 1. The molecule has 1 aromatic heterocycles. The van der Waals surface area contributed by atoms with Crippen LogP contribution >= 0.6 is 12.4 Å². The molecule has 1 atom stereocenters. The van der Waals surface area contributed by atoms with Gasteiger partial charge in [0.15, 0.2) is 17.3 Å². The maximum Gasteiger partial charge on any atom is 0.272 e. The molecule has 0 saturated carbocycles. The monoisotopic (exact) mass is 398 g/mol. The van der Waals surface area contributed by atoms with Gasteiger partial charge in [-0.15, -0.1) is 12.4 Å². The number of nitrogens with one attached hydrogen (secondary N) is 1. The van der Waals surface area contributed by atoms with Crippen molar-refractivity contribution in [3.8, 4) is 5.69 Å². The van der Waals surface area contributed by atoms with Gasteiger partial charge in [0.25, 0.3) is 5.91 Å². The Balaban J connectivity index is 0.00000261. The third-order valence-electron chi connectivity index (χ3n) is 4.67. The molecule has 0 bridgehead atoms. The zero-order valence-electron chi connectivity index (χ0n) is 15.5. The van der Waals surface area contributed by atoms with Crippen molar-refractivity contribution >= 4 is 18.3 Å². The van der Waals surface area contributed by atoms with Gasteiger partial charge in [0.05, 0.1) is 5.69 Å². The summed E-state index contributed by atoms with van der Waals surface area (Å²) >= 11 is 0. The molecule has 0 saturated heterocycles. The van der Waals surface area contributed by atoms with Crippen LogP contribution in [0.15, 0.2) is 18.2 Å². The molecule has 0 aliphatic heterocycles. The largest absolute Gasteiger partial charge is 0.347 e. The average Bonchev–Trinajstić information content (AvgIpc) is 3.18. The molecule has 1 heterocycles. The molecule has 8 heteroatoms. The molecule has 1 amide bonds. The van der Waals surface area contributed by atoms with E-state index in [0.717, 1.165) is 49.1 Å². The number of halogens is 3. The van der Waals surface area contributed by atoms with Gasteiger partial charge < -0.3 is 11.1 Å². The average molecular weight is 399 g/mol. The predicted molar refractivity (Wildman–Crippen MR) is 103 cm³/mol. The second-order valence-corrected chi connectivity index (χ2v) is 7.17. The summed E-state index contributed by atoms with van der Waals surface area (Å²) in [7, 11) is 0. The Bertz CT molecular complexity index is 822. The van der Waals surface area contributed by atoms with Crippen molar-refractivity contribution in [3.05, 3.63) is 46.8 Å². The zero-order valence-corrected chi connectivity index (χ0v) is 16.3. The van der Waals surface area contributed by atoms with Crippen LogP contribution in [0.25, 0.3) is 5.69 Å². The first-order valence-electron chi connectivity index (χ1n) is 8.97. The number of carbonyl (C=O) groups is 1. The van der Waals surface area contributed by atoms with Crippen LogP contribution in [0.5, 0.6) is 0 Å². The van der Waals surface area contributed by atoms with E-state index in [1.165, 1.54) is 6.07 Å². The molecule has 148 valence electrons. The van der Waals surface area contributed by atoms with E-state index in [0.29, 0.717) is 23.8 Å². The lowest BCUT2D eigenvalue weighted by atomic mass is 10.0. The Labute approximate surface area is 163 Å². The standard InChI is InChI=1S/C19H24F2N4O.ClH/c1-11(2)8-12(10-22)23-19(26)18-14-4-3-5-17(14)25(24-18)13-6-7-15(20)16(21)9-13;/h6-7,9,11-12H,3-5,8,10,22H2,1-2H3,(H,23,26);1H. The summed E-state index contributed by atoms with van der Waals surface area (Å²) in [5, 5.41) is 7.37. The fourth-order valence-corrected chi connectivity index (χ4v) is 3.49. The van der Waals surface area contributed by atoms with Gasteiger partial charge in [0.1, 0.15) is 0 Å². The third kappa shape index (κ3) is 4.47. The van der Waals surface area contributed by atoms with E-state index in [2.05, 4.69) is 24.3 Å². The van der Waals surface area contributed by atoms with Gasteiger partial charge in [-0.05, 0) is 43.7 Å². The molecule has 3 rings (SSSR count). The lowest BCUT2D eigenvalue weighted by Crippen LogP contribution is -2.41. The SMILES string of the molecule is CC(C)CC(CN)NC(=O)c1nn(-c2ccc(F)c(F)c2)c2c1CCC2.Cl. The summed E-state index contributed by atoms with van der Waals surface area (Å²) in [6.07, 6.45) is 3.19. The highest BCUT2D eigenvalue weighted by Crippen LogP contribution is 2.28. The minimum absolute atomic E-state index is 0. The zero-order chi connectivity index (χ0) is 18.8. The van der Waals surface area contributed by atoms with E-state index in [1.54, 1.807) is 4.68 Å². The second-order valence-electron chi connectivity index (χ2n) is 7.17. The van der Waals surface area contributed by atoms with Gasteiger partial charge in [0.2, 0.25) is 0 Å². The van der Waals surface area contributed by atoms with Crippen LogP contribution in [0.2, 0.25) is 0 Å². The van der Waals surface area contributed by atoms with Crippen LogP contribution in [-0.2, 0) is 12.8 Å². The van der Waals surface area contributed by atoms with Gasteiger partial charge in [-0.25, -0.2) is 13.5 Å². The van der Waals surface area contributed by atoms with Gasteiger partial charge in [-0.1, -0.05) is 13.8 Å². The van der Waals surface area contributed by atoms with Crippen molar-refractivity contribution in [2.75, 3.05) is 6.54 Å². The fourth-order valence-electron chi connectivity index (χ4n) is 3.49. The number of aromatic nitrogens is 2. The molecular formula is C19H25ClF2N4O. The van der Waals surface area contributed by atoms with Gasteiger partial charge >= 0.3 is 0 Å².